The lowest BCUT2D eigenvalue weighted by molar-refractivity contribution is 0.160. The highest BCUT2D eigenvalue weighted by molar-refractivity contribution is 5.43. The molecule has 0 saturated heterocycles. The molecule has 106 valence electrons. The third-order valence-corrected chi connectivity index (χ3v) is 4.04. The van der Waals surface area contributed by atoms with E-state index < -0.39 is 0 Å². The number of aliphatic hydroxyl groups is 1. The van der Waals surface area contributed by atoms with Gasteiger partial charge in [0.15, 0.2) is 0 Å². The first kappa shape index (κ1) is 14.4. The topological polar surface area (TPSA) is 32.7 Å². The fourth-order valence-corrected chi connectivity index (χ4v) is 2.91. The second-order valence-corrected chi connectivity index (χ2v) is 6.10. The van der Waals surface area contributed by atoms with Crippen LogP contribution in [0.2, 0.25) is 0 Å². The predicted molar refractivity (Wildman–Crippen MR) is 77.6 cm³/mol. The molecule has 0 aliphatic heterocycles. The molecule has 1 aliphatic carbocycles. The lowest BCUT2D eigenvalue weighted by atomic mass is 10.0. The zero-order chi connectivity index (χ0) is 14.0. The van der Waals surface area contributed by atoms with Crippen molar-refractivity contribution in [3.8, 4) is 5.75 Å². The highest BCUT2D eigenvalue weighted by Gasteiger charge is 2.42. The maximum absolute atomic E-state index is 9.41. The lowest BCUT2D eigenvalue weighted by Crippen LogP contribution is -2.28. The third kappa shape index (κ3) is 3.28. The number of ether oxygens (including phenoxy) is 1. The van der Waals surface area contributed by atoms with Gasteiger partial charge < -0.3 is 14.7 Å². The van der Waals surface area contributed by atoms with Crippen LogP contribution in [0.5, 0.6) is 5.75 Å². The fraction of sp³-hybridized carbons (Fsp3) is 0.625. The van der Waals surface area contributed by atoms with Crippen molar-refractivity contribution in [2.75, 3.05) is 27.3 Å². The van der Waals surface area contributed by atoms with E-state index >= 15 is 0 Å². The van der Waals surface area contributed by atoms with Crippen LogP contribution in [-0.4, -0.2) is 37.3 Å². The number of benzene rings is 1. The smallest absolute Gasteiger partial charge is 0.126 e. The summed E-state index contributed by atoms with van der Waals surface area (Å²) in [6.07, 6.45) is 2.30. The zero-order valence-electron chi connectivity index (χ0n) is 12.5. The second-order valence-electron chi connectivity index (χ2n) is 6.10. The molecule has 0 spiro atoms. The van der Waals surface area contributed by atoms with E-state index in [0.29, 0.717) is 6.61 Å². The van der Waals surface area contributed by atoms with Gasteiger partial charge in [-0.15, -0.1) is 0 Å². The third-order valence-electron chi connectivity index (χ3n) is 4.04. The Morgan fingerprint density at radius 3 is 2.53 bits per heavy atom. The fourth-order valence-electron chi connectivity index (χ4n) is 2.91. The van der Waals surface area contributed by atoms with Crippen LogP contribution in [-0.2, 0) is 6.54 Å². The van der Waals surface area contributed by atoms with E-state index in [1.54, 1.807) is 7.11 Å². The van der Waals surface area contributed by atoms with Crippen molar-refractivity contribution in [2.24, 2.45) is 5.41 Å². The molecule has 1 saturated carbocycles. The summed E-state index contributed by atoms with van der Waals surface area (Å²) in [5.74, 6) is 0.992. The normalized spacial score (nSPS) is 16.7. The Morgan fingerprint density at radius 1 is 1.32 bits per heavy atom. The molecule has 1 N–H and O–H groups in total. The first-order valence-electron chi connectivity index (χ1n) is 6.93. The summed E-state index contributed by atoms with van der Waals surface area (Å²) in [4.78, 5) is 2.29. The number of aryl methyl sites for hydroxylation is 2. The van der Waals surface area contributed by atoms with Crippen molar-refractivity contribution >= 4 is 0 Å². The maximum atomic E-state index is 9.41. The Hall–Kier alpha value is -1.06. The van der Waals surface area contributed by atoms with Crippen molar-refractivity contribution in [3.63, 3.8) is 0 Å². The molecule has 1 aromatic rings. The first-order valence-corrected chi connectivity index (χ1v) is 6.93. The van der Waals surface area contributed by atoms with Crippen molar-refractivity contribution in [1.29, 1.82) is 0 Å². The van der Waals surface area contributed by atoms with Gasteiger partial charge in [0, 0.05) is 30.7 Å². The van der Waals surface area contributed by atoms with Gasteiger partial charge in [-0.2, -0.15) is 0 Å². The van der Waals surface area contributed by atoms with Gasteiger partial charge in [-0.3, -0.25) is 0 Å². The van der Waals surface area contributed by atoms with Gasteiger partial charge >= 0.3 is 0 Å². The summed E-state index contributed by atoms with van der Waals surface area (Å²) >= 11 is 0. The Balaban J connectivity index is 2.09. The van der Waals surface area contributed by atoms with Crippen molar-refractivity contribution in [1.82, 2.24) is 4.90 Å². The van der Waals surface area contributed by atoms with Gasteiger partial charge in [0.2, 0.25) is 0 Å². The molecular formula is C16H25NO2. The van der Waals surface area contributed by atoms with Gasteiger partial charge in [0.05, 0.1) is 7.11 Å². The van der Waals surface area contributed by atoms with Crippen LogP contribution >= 0.6 is 0 Å². The minimum absolute atomic E-state index is 0.168. The highest BCUT2D eigenvalue weighted by atomic mass is 16.5. The summed E-state index contributed by atoms with van der Waals surface area (Å²) in [5.41, 5.74) is 3.86. The summed E-state index contributed by atoms with van der Waals surface area (Å²) < 4.78 is 5.53. The Bertz CT molecular complexity index is 452. The van der Waals surface area contributed by atoms with Crippen LogP contribution in [0.1, 0.15) is 29.5 Å². The summed E-state index contributed by atoms with van der Waals surface area (Å²) in [5, 5.41) is 9.41. The molecule has 1 aromatic carbocycles. The minimum Gasteiger partial charge on any atom is -0.496 e. The van der Waals surface area contributed by atoms with Crippen LogP contribution in [0.3, 0.4) is 0 Å². The average molecular weight is 263 g/mol. The van der Waals surface area contributed by atoms with Crippen LogP contribution in [0.15, 0.2) is 12.1 Å². The summed E-state index contributed by atoms with van der Waals surface area (Å²) in [6.45, 7) is 6.34. The van der Waals surface area contributed by atoms with Gasteiger partial charge in [-0.05, 0) is 39.3 Å². The van der Waals surface area contributed by atoms with E-state index in [1.165, 1.54) is 16.7 Å². The standard InChI is InChI=1S/C16H25NO2/c1-12-7-13(2)15(19-4)14(8-12)9-17(3)10-16(11-18)5-6-16/h7-8,18H,5-6,9-11H2,1-4H3. The van der Waals surface area contributed by atoms with E-state index in [1.807, 2.05) is 0 Å². The van der Waals surface area contributed by atoms with Crippen molar-refractivity contribution in [3.05, 3.63) is 28.8 Å². The maximum Gasteiger partial charge on any atom is 0.126 e. The summed E-state index contributed by atoms with van der Waals surface area (Å²) in [6, 6.07) is 4.35. The Kier molecular flexibility index (Phi) is 4.16. The van der Waals surface area contributed by atoms with Gasteiger partial charge in [0.25, 0.3) is 0 Å². The molecule has 19 heavy (non-hydrogen) atoms. The van der Waals surface area contributed by atoms with Gasteiger partial charge in [0.1, 0.15) is 5.75 Å². The molecule has 0 amide bonds. The molecule has 3 nitrogen and oxygen atoms in total. The number of methoxy groups -OCH3 is 1. The Labute approximate surface area is 116 Å². The van der Waals surface area contributed by atoms with E-state index in [4.69, 9.17) is 4.74 Å². The lowest BCUT2D eigenvalue weighted by Gasteiger charge is -2.24. The minimum atomic E-state index is 0.168. The van der Waals surface area contributed by atoms with Crippen molar-refractivity contribution < 1.29 is 9.84 Å². The molecule has 0 bridgehead atoms. The molecule has 1 aliphatic rings. The van der Waals surface area contributed by atoms with Gasteiger partial charge in [-0.1, -0.05) is 17.7 Å². The predicted octanol–water partition coefficient (Wildman–Crippen LogP) is 2.52. The number of hydrogen-bond acceptors (Lipinski definition) is 3. The average Bonchev–Trinajstić information content (AvgIpc) is 3.08. The number of aliphatic hydroxyl groups excluding tert-OH is 1. The molecule has 3 heteroatoms. The van der Waals surface area contributed by atoms with Crippen LogP contribution in [0.25, 0.3) is 0 Å². The molecule has 0 heterocycles. The largest absolute Gasteiger partial charge is 0.496 e. The van der Waals surface area contributed by atoms with Crippen molar-refractivity contribution in [2.45, 2.75) is 33.2 Å². The first-order chi connectivity index (χ1) is 8.99. The van der Waals surface area contributed by atoms with E-state index in [9.17, 15) is 5.11 Å². The quantitative estimate of drug-likeness (QED) is 0.856. The molecule has 0 radical (unpaired) electrons. The number of nitrogens with zero attached hydrogens (tertiary/aromatic N) is 1. The van der Waals surface area contributed by atoms with E-state index in [2.05, 4.69) is 37.9 Å². The molecule has 2 rings (SSSR count). The zero-order valence-corrected chi connectivity index (χ0v) is 12.5. The molecule has 0 unspecified atom stereocenters. The molecular weight excluding hydrogens is 238 g/mol. The second kappa shape index (κ2) is 5.51. The van der Waals surface area contributed by atoms with E-state index in [-0.39, 0.29) is 5.41 Å². The monoisotopic (exact) mass is 263 g/mol. The summed E-state index contributed by atoms with van der Waals surface area (Å²) in [7, 11) is 3.85. The SMILES string of the molecule is COc1c(C)cc(C)cc1CN(C)CC1(CO)CC1. The number of rotatable bonds is 6. The highest BCUT2D eigenvalue weighted by Crippen LogP contribution is 2.45. The van der Waals surface area contributed by atoms with Crippen LogP contribution in [0.4, 0.5) is 0 Å². The van der Waals surface area contributed by atoms with Crippen LogP contribution in [0, 0.1) is 19.3 Å². The Morgan fingerprint density at radius 2 is 2.00 bits per heavy atom. The molecule has 1 fully saturated rings. The van der Waals surface area contributed by atoms with Gasteiger partial charge in [-0.25, -0.2) is 0 Å². The van der Waals surface area contributed by atoms with E-state index in [0.717, 1.165) is 31.7 Å². The number of hydrogen-bond donors (Lipinski definition) is 1. The van der Waals surface area contributed by atoms with Crippen LogP contribution < -0.4 is 4.74 Å². The molecule has 0 aromatic heterocycles. The molecule has 0 atom stereocenters.